The summed E-state index contributed by atoms with van der Waals surface area (Å²) < 4.78 is 22.9. The molecule has 0 radical (unpaired) electrons. The summed E-state index contributed by atoms with van der Waals surface area (Å²) in [5, 5.41) is 87.6. The molecule has 14 nitrogen and oxygen atoms in total. The van der Waals surface area contributed by atoms with Gasteiger partial charge in [0.25, 0.3) is 0 Å². The van der Waals surface area contributed by atoms with Crippen LogP contribution in [-0.4, -0.2) is 140 Å². The number of unbranched alkanes of at least 4 members (excludes halogenated alkanes) is 30. The predicted octanol–water partition coefficient (Wildman–Crippen LogP) is 13.5. The standard InChI is InChI=1S/C70H125NO13/c1-3-5-7-9-11-13-15-17-19-21-23-25-27-29-31-33-35-37-39-41-43-45-47-49-51-53-59(74)58(57-81-69-67(80)65(78)68(61(56-73)83-69)84-70-66(79)64(77)63(76)60(55-72)82-70)71-62(75)54-52-50-48-46-44-42-40-38-36-34-32-30-28-26-24-22-20-18-16-14-12-10-8-6-4-2/h6,8,12,14,18,20,24,26,30,32,36,38,58-61,63-70,72-74,76-80H,3-5,7,9-11,13,15-17,19,21-23,25,27-29,31,33-35,37,39-57H2,1-2H3,(H,71,75)/b8-6-,14-12-,20-18-,26-24-,32-30-,38-36-. The van der Waals surface area contributed by atoms with Crippen LogP contribution in [0, 0.1) is 0 Å². The molecule has 2 heterocycles. The Labute approximate surface area is 510 Å². The summed E-state index contributed by atoms with van der Waals surface area (Å²) in [6, 6.07) is -0.843. The van der Waals surface area contributed by atoms with Crippen molar-refractivity contribution in [2.75, 3.05) is 19.8 Å². The smallest absolute Gasteiger partial charge is 0.220 e. The van der Waals surface area contributed by atoms with Crippen LogP contribution >= 0.6 is 0 Å². The van der Waals surface area contributed by atoms with Crippen LogP contribution in [0.15, 0.2) is 72.9 Å². The average molecular weight is 1190 g/mol. The molecule has 12 unspecified atom stereocenters. The van der Waals surface area contributed by atoms with Gasteiger partial charge >= 0.3 is 0 Å². The fourth-order valence-corrected chi connectivity index (χ4v) is 11.0. The van der Waals surface area contributed by atoms with Gasteiger partial charge in [-0.05, 0) is 64.2 Å². The second-order valence-electron chi connectivity index (χ2n) is 23.9. The van der Waals surface area contributed by atoms with Crippen LogP contribution < -0.4 is 5.32 Å². The number of carbonyl (C=O) groups excluding carboxylic acids is 1. The molecule has 0 bridgehead atoms. The monoisotopic (exact) mass is 1190 g/mol. The number of hydrogen-bond donors (Lipinski definition) is 9. The van der Waals surface area contributed by atoms with Crippen LogP contribution in [0.1, 0.15) is 271 Å². The molecule has 0 aliphatic carbocycles. The van der Waals surface area contributed by atoms with Gasteiger partial charge < -0.3 is 65.1 Å². The third kappa shape index (κ3) is 38.7. The summed E-state index contributed by atoms with van der Waals surface area (Å²) in [7, 11) is 0. The van der Waals surface area contributed by atoms with Crippen molar-refractivity contribution in [2.24, 2.45) is 0 Å². The molecule has 2 saturated heterocycles. The van der Waals surface area contributed by atoms with Crippen LogP contribution in [0.4, 0.5) is 0 Å². The molecule has 1 amide bonds. The van der Waals surface area contributed by atoms with Gasteiger partial charge in [0.2, 0.25) is 5.91 Å². The number of nitrogens with one attached hydrogen (secondary N) is 1. The number of aliphatic hydroxyl groups excluding tert-OH is 8. The number of ether oxygens (including phenoxy) is 4. The Morgan fingerprint density at radius 1 is 0.440 bits per heavy atom. The first kappa shape index (κ1) is 77.5. The van der Waals surface area contributed by atoms with Crippen molar-refractivity contribution in [3.05, 3.63) is 72.9 Å². The first-order valence-electron chi connectivity index (χ1n) is 34.2. The zero-order valence-electron chi connectivity index (χ0n) is 52.9. The molecule has 0 aromatic heterocycles. The minimum absolute atomic E-state index is 0.221. The van der Waals surface area contributed by atoms with E-state index in [9.17, 15) is 45.6 Å². The van der Waals surface area contributed by atoms with E-state index in [-0.39, 0.29) is 18.9 Å². The number of amides is 1. The van der Waals surface area contributed by atoms with Crippen molar-refractivity contribution >= 4 is 5.91 Å². The van der Waals surface area contributed by atoms with Crippen molar-refractivity contribution in [1.29, 1.82) is 0 Å². The van der Waals surface area contributed by atoms with Crippen molar-refractivity contribution in [3.63, 3.8) is 0 Å². The van der Waals surface area contributed by atoms with Crippen LogP contribution in [0.25, 0.3) is 0 Å². The predicted molar refractivity (Wildman–Crippen MR) is 341 cm³/mol. The van der Waals surface area contributed by atoms with Gasteiger partial charge in [0.15, 0.2) is 12.6 Å². The summed E-state index contributed by atoms with van der Waals surface area (Å²) in [5.41, 5.74) is 0. The molecule has 2 aliphatic rings. The lowest BCUT2D eigenvalue weighted by molar-refractivity contribution is -0.359. The van der Waals surface area contributed by atoms with E-state index < -0.39 is 86.8 Å². The highest BCUT2D eigenvalue weighted by Gasteiger charge is 2.51. The maximum absolute atomic E-state index is 13.3. The Bertz CT molecular complexity index is 1690. The molecule has 0 saturated carbocycles. The third-order valence-corrected chi connectivity index (χ3v) is 16.4. The normalized spacial score (nSPS) is 24.1. The van der Waals surface area contributed by atoms with E-state index in [1.54, 1.807) is 0 Å². The lowest BCUT2D eigenvalue weighted by Gasteiger charge is -2.46. The van der Waals surface area contributed by atoms with E-state index in [4.69, 9.17) is 18.9 Å². The second-order valence-corrected chi connectivity index (χ2v) is 23.9. The largest absolute Gasteiger partial charge is 0.394 e. The zero-order chi connectivity index (χ0) is 60.9. The molecule has 14 heteroatoms. The quantitative estimate of drug-likeness (QED) is 0.0204. The number of rotatable bonds is 55. The van der Waals surface area contributed by atoms with Gasteiger partial charge in [-0.2, -0.15) is 0 Å². The minimum Gasteiger partial charge on any atom is -0.394 e. The van der Waals surface area contributed by atoms with Crippen molar-refractivity contribution in [1.82, 2.24) is 5.32 Å². The fraction of sp³-hybridized carbons (Fsp3) is 0.814. The molecule has 0 aromatic carbocycles. The van der Waals surface area contributed by atoms with Crippen LogP contribution in [0.5, 0.6) is 0 Å². The molecule has 2 fully saturated rings. The summed E-state index contributed by atoms with van der Waals surface area (Å²) in [5.74, 6) is -0.221. The summed E-state index contributed by atoms with van der Waals surface area (Å²) in [6.45, 7) is 2.76. The number of allylic oxidation sites excluding steroid dienone is 12. The highest BCUT2D eigenvalue weighted by atomic mass is 16.7. The van der Waals surface area contributed by atoms with Crippen LogP contribution in [-0.2, 0) is 23.7 Å². The summed E-state index contributed by atoms with van der Waals surface area (Å²) >= 11 is 0. The van der Waals surface area contributed by atoms with E-state index in [2.05, 4.69) is 92.1 Å². The van der Waals surface area contributed by atoms with Gasteiger partial charge in [-0.25, -0.2) is 0 Å². The van der Waals surface area contributed by atoms with E-state index in [1.165, 1.54) is 135 Å². The first-order chi connectivity index (χ1) is 41.1. The fourth-order valence-electron chi connectivity index (χ4n) is 11.0. The van der Waals surface area contributed by atoms with Crippen molar-refractivity contribution in [2.45, 2.75) is 344 Å². The molecule has 0 aromatic rings. The molecule has 9 N–H and O–H groups in total. The zero-order valence-corrected chi connectivity index (χ0v) is 52.9. The second kappa shape index (κ2) is 54.6. The van der Waals surface area contributed by atoms with Crippen molar-refractivity contribution in [3.8, 4) is 0 Å². The number of aliphatic hydroxyl groups is 8. The maximum atomic E-state index is 13.3. The number of hydrogen-bond acceptors (Lipinski definition) is 13. The SMILES string of the molecule is CC/C=C\C/C=C\C/C=C\C/C=C\C/C=C\C/C=C\CCCCCCCCC(=O)NC(COC1OC(CO)C(OC2OC(CO)C(O)C(O)C2O)C(O)C1O)C(O)CCCCCCCCCCCCCCCCCCCCCCCCCCC. The van der Waals surface area contributed by atoms with Crippen LogP contribution in [0.2, 0.25) is 0 Å². The lowest BCUT2D eigenvalue weighted by atomic mass is 9.97. The molecule has 84 heavy (non-hydrogen) atoms. The molecule has 0 spiro atoms. The highest BCUT2D eigenvalue weighted by Crippen LogP contribution is 2.30. The minimum atomic E-state index is -1.79. The van der Waals surface area contributed by atoms with Crippen LogP contribution in [0.3, 0.4) is 0 Å². The average Bonchev–Trinajstić information content (AvgIpc) is 3.18. The Kier molecular flexibility index (Phi) is 50.4. The maximum Gasteiger partial charge on any atom is 0.220 e. The van der Waals surface area contributed by atoms with E-state index in [1.807, 2.05) is 0 Å². The first-order valence-corrected chi connectivity index (χ1v) is 34.2. The van der Waals surface area contributed by atoms with E-state index >= 15 is 0 Å². The molecule has 2 aliphatic heterocycles. The lowest BCUT2D eigenvalue weighted by Crippen LogP contribution is -2.65. The Hall–Kier alpha value is -2.57. The summed E-state index contributed by atoms with van der Waals surface area (Å²) in [4.78, 5) is 13.3. The van der Waals surface area contributed by atoms with Gasteiger partial charge in [0.05, 0.1) is 32.0 Å². The number of carbonyl (C=O) groups is 1. The Balaban J connectivity index is 1.70. The molecule has 12 atom stereocenters. The highest BCUT2D eigenvalue weighted by molar-refractivity contribution is 5.76. The van der Waals surface area contributed by atoms with Gasteiger partial charge in [-0.15, -0.1) is 0 Å². The van der Waals surface area contributed by atoms with E-state index in [0.717, 1.165) is 103 Å². The molecule has 488 valence electrons. The Morgan fingerprint density at radius 3 is 1.26 bits per heavy atom. The van der Waals surface area contributed by atoms with E-state index in [0.29, 0.717) is 12.8 Å². The molecular formula is C70H125NO13. The summed E-state index contributed by atoms with van der Waals surface area (Å²) in [6.07, 6.45) is 56.1. The van der Waals surface area contributed by atoms with Gasteiger partial charge in [0, 0.05) is 6.42 Å². The topological polar surface area (TPSA) is 228 Å². The molecular weight excluding hydrogens is 1060 g/mol. The van der Waals surface area contributed by atoms with Gasteiger partial charge in [-0.1, -0.05) is 273 Å². The van der Waals surface area contributed by atoms with Crippen molar-refractivity contribution < 1.29 is 64.6 Å². The Morgan fingerprint density at radius 2 is 0.821 bits per heavy atom. The molecule has 2 rings (SSSR count). The van der Waals surface area contributed by atoms with Gasteiger partial charge in [-0.3, -0.25) is 4.79 Å². The third-order valence-electron chi connectivity index (χ3n) is 16.4. The van der Waals surface area contributed by atoms with Gasteiger partial charge in [0.1, 0.15) is 48.8 Å².